The van der Waals surface area contributed by atoms with Crippen LogP contribution in [0.3, 0.4) is 0 Å². The third kappa shape index (κ3) is 5.93. The number of nitrogens with zero attached hydrogens (tertiary/aromatic N) is 1. The second kappa shape index (κ2) is 11.0. The van der Waals surface area contributed by atoms with E-state index in [4.69, 9.17) is 4.99 Å². The van der Waals surface area contributed by atoms with Crippen LogP contribution >= 0.6 is 0 Å². The first kappa shape index (κ1) is 20.6. The van der Waals surface area contributed by atoms with Crippen molar-refractivity contribution in [2.24, 2.45) is 4.99 Å². The molecule has 3 nitrogen and oxygen atoms in total. The molecule has 0 aliphatic carbocycles. The van der Waals surface area contributed by atoms with Gasteiger partial charge in [0.2, 0.25) is 0 Å². The van der Waals surface area contributed by atoms with Crippen molar-refractivity contribution in [3.8, 4) is 0 Å². The van der Waals surface area contributed by atoms with E-state index in [1.54, 1.807) is 0 Å². The Morgan fingerprint density at radius 3 is 1.64 bits per heavy atom. The maximum atomic E-state index is 11.7. The Morgan fingerprint density at radius 1 is 0.643 bits per heavy atom. The predicted molar refractivity (Wildman–Crippen MR) is 117 cm³/mol. The molecule has 0 unspecified atom stereocenters. The molecule has 1 aliphatic rings. The van der Waals surface area contributed by atoms with Crippen LogP contribution in [0, 0.1) is 0 Å². The lowest BCUT2D eigenvalue weighted by Crippen LogP contribution is -2.47. The summed E-state index contributed by atoms with van der Waals surface area (Å²) in [7, 11) is 0. The van der Waals surface area contributed by atoms with Crippen LogP contribution in [0.15, 0.2) is 65.7 Å². The van der Waals surface area contributed by atoms with Crippen molar-refractivity contribution < 1.29 is 5.11 Å². The van der Waals surface area contributed by atoms with Gasteiger partial charge < -0.3 is 10.4 Å². The average molecular weight is 379 g/mol. The van der Waals surface area contributed by atoms with Crippen molar-refractivity contribution >= 4 is 5.84 Å². The highest BCUT2D eigenvalue weighted by molar-refractivity contribution is 5.83. The molecule has 1 aliphatic heterocycles. The first-order valence-electron chi connectivity index (χ1n) is 10.9. The van der Waals surface area contributed by atoms with Crippen molar-refractivity contribution in [2.75, 3.05) is 6.54 Å². The highest BCUT2D eigenvalue weighted by Gasteiger charge is 2.32. The average Bonchev–Trinajstić information content (AvgIpc) is 2.77. The summed E-state index contributed by atoms with van der Waals surface area (Å²) in [6.45, 7) is 0.835. The summed E-state index contributed by atoms with van der Waals surface area (Å²) in [6, 6.07) is 19.7. The third-order valence-corrected chi connectivity index (χ3v) is 5.58. The minimum atomic E-state index is -1.27. The Bertz CT molecular complexity index is 672. The fourth-order valence-electron chi connectivity index (χ4n) is 3.92. The lowest BCUT2D eigenvalue weighted by molar-refractivity contribution is 0.0638. The monoisotopic (exact) mass is 378 g/mol. The summed E-state index contributed by atoms with van der Waals surface area (Å²) in [6.07, 6.45) is 12.3. The first-order chi connectivity index (χ1) is 13.8. The number of aliphatic imine (C=N–C) groups is 1. The number of benzene rings is 2. The van der Waals surface area contributed by atoms with E-state index in [1.165, 1.54) is 44.9 Å². The molecule has 0 spiro atoms. The number of aliphatic hydroxyl groups is 1. The van der Waals surface area contributed by atoms with Crippen molar-refractivity contribution in [2.45, 2.75) is 69.9 Å². The van der Waals surface area contributed by atoms with Crippen LogP contribution < -0.4 is 5.32 Å². The van der Waals surface area contributed by atoms with Crippen LogP contribution in [0.4, 0.5) is 0 Å². The van der Waals surface area contributed by atoms with Crippen molar-refractivity contribution in [3.63, 3.8) is 0 Å². The molecule has 150 valence electrons. The standard InChI is InChI=1S/C25H34N2O/c28-25(22-16-10-8-11-17-22,23-18-12-9-13-19-23)27-24-20-14-6-4-2-1-3-5-7-15-21-26-24/h8-13,16-19,28H,1-7,14-15,20-21H2,(H,26,27). The smallest absolute Gasteiger partial charge is 0.189 e. The van der Waals surface area contributed by atoms with Gasteiger partial charge in [-0.3, -0.25) is 4.99 Å². The zero-order chi connectivity index (χ0) is 19.5. The van der Waals surface area contributed by atoms with Gasteiger partial charge in [0.1, 0.15) is 0 Å². The van der Waals surface area contributed by atoms with Gasteiger partial charge in [-0.05, 0) is 12.8 Å². The number of nitrogens with one attached hydrogen (secondary N) is 1. The van der Waals surface area contributed by atoms with Crippen LogP contribution in [0.5, 0.6) is 0 Å². The maximum absolute atomic E-state index is 11.7. The van der Waals surface area contributed by atoms with Crippen molar-refractivity contribution in [1.29, 1.82) is 0 Å². The Labute approximate surface area is 169 Å². The summed E-state index contributed by atoms with van der Waals surface area (Å²) >= 11 is 0. The fourth-order valence-corrected chi connectivity index (χ4v) is 3.92. The van der Waals surface area contributed by atoms with E-state index in [-0.39, 0.29) is 0 Å². The Hall–Kier alpha value is -2.13. The molecule has 28 heavy (non-hydrogen) atoms. The largest absolute Gasteiger partial charge is 0.363 e. The molecule has 0 radical (unpaired) electrons. The quantitative estimate of drug-likeness (QED) is 0.665. The van der Waals surface area contributed by atoms with Gasteiger partial charge in [0.05, 0.1) is 5.84 Å². The van der Waals surface area contributed by atoms with Gasteiger partial charge in [-0.2, -0.15) is 0 Å². The predicted octanol–water partition coefficient (Wildman–Crippen LogP) is 5.78. The number of amidine groups is 1. The fraction of sp³-hybridized carbons (Fsp3) is 0.480. The molecule has 1 heterocycles. The molecule has 3 rings (SSSR count). The molecule has 0 amide bonds. The highest BCUT2D eigenvalue weighted by Crippen LogP contribution is 2.27. The molecule has 2 aromatic carbocycles. The Morgan fingerprint density at radius 2 is 1.11 bits per heavy atom. The van der Waals surface area contributed by atoms with Gasteiger partial charge in [0.15, 0.2) is 5.72 Å². The van der Waals surface area contributed by atoms with E-state index in [0.717, 1.165) is 42.8 Å². The highest BCUT2D eigenvalue weighted by atomic mass is 16.3. The molecule has 0 aromatic heterocycles. The second-order valence-electron chi connectivity index (χ2n) is 7.83. The minimum Gasteiger partial charge on any atom is -0.363 e. The molecule has 2 N–H and O–H groups in total. The Balaban J connectivity index is 1.82. The van der Waals surface area contributed by atoms with Crippen LogP contribution in [-0.4, -0.2) is 17.5 Å². The molecular formula is C25H34N2O. The molecule has 0 saturated heterocycles. The van der Waals surface area contributed by atoms with Crippen LogP contribution in [-0.2, 0) is 5.72 Å². The van der Waals surface area contributed by atoms with Crippen LogP contribution in [0.1, 0.15) is 75.3 Å². The minimum absolute atomic E-state index is 0.835. The molecule has 0 bridgehead atoms. The van der Waals surface area contributed by atoms with Gasteiger partial charge in [-0.1, -0.05) is 106 Å². The van der Waals surface area contributed by atoms with E-state index in [9.17, 15) is 5.11 Å². The second-order valence-corrected chi connectivity index (χ2v) is 7.83. The van der Waals surface area contributed by atoms with Gasteiger partial charge in [-0.15, -0.1) is 0 Å². The SMILES string of the molecule is OC(NC1=NCCCCCCCCCCC1)(c1ccccc1)c1ccccc1. The first-order valence-corrected chi connectivity index (χ1v) is 10.9. The van der Waals surface area contributed by atoms with E-state index in [1.807, 2.05) is 60.7 Å². The summed E-state index contributed by atoms with van der Waals surface area (Å²) in [5.41, 5.74) is 0.411. The molecule has 0 atom stereocenters. The summed E-state index contributed by atoms with van der Waals surface area (Å²) in [5.74, 6) is 0.925. The molecule has 2 aromatic rings. The van der Waals surface area contributed by atoms with Crippen molar-refractivity contribution in [3.05, 3.63) is 71.8 Å². The maximum Gasteiger partial charge on any atom is 0.189 e. The molecule has 0 fully saturated rings. The van der Waals surface area contributed by atoms with Gasteiger partial charge in [-0.25, -0.2) is 0 Å². The van der Waals surface area contributed by atoms with Gasteiger partial charge >= 0.3 is 0 Å². The third-order valence-electron chi connectivity index (χ3n) is 5.58. The van der Waals surface area contributed by atoms with E-state index in [2.05, 4.69) is 5.32 Å². The number of hydrogen-bond acceptors (Lipinski definition) is 3. The van der Waals surface area contributed by atoms with Gasteiger partial charge in [0.25, 0.3) is 0 Å². The number of rotatable bonds is 3. The molecule has 3 heteroatoms. The topological polar surface area (TPSA) is 44.6 Å². The number of hydrogen-bond donors (Lipinski definition) is 2. The van der Waals surface area contributed by atoms with Gasteiger partial charge in [0, 0.05) is 24.1 Å². The van der Waals surface area contributed by atoms with Crippen LogP contribution in [0.25, 0.3) is 0 Å². The lowest BCUT2D eigenvalue weighted by Gasteiger charge is -2.32. The normalized spacial score (nSPS) is 17.5. The van der Waals surface area contributed by atoms with Crippen molar-refractivity contribution in [1.82, 2.24) is 5.32 Å². The summed E-state index contributed by atoms with van der Waals surface area (Å²) < 4.78 is 0. The van der Waals surface area contributed by atoms with E-state index >= 15 is 0 Å². The molecular weight excluding hydrogens is 344 g/mol. The zero-order valence-electron chi connectivity index (χ0n) is 16.9. The molecule has 0 saturated carbocycles. The lowest BCUT2D eigenvalue weighted by atomic mass is 9.94. The van der Waals surface area contributed by atoms with E-state index < -0.39 is 5.72 Å². The summed E-state index contributed by atoms with van der Waals surface area (Å²) in [5, 5.41) is 15.2. The van der Waals surface area contributed by atoms with Crippen LogP contribution in [0.2, 0.25) is 0 Å². The Kier molecular flexibility index (Phi) is 8.10. The zero-order valence-corrected chi connectivity index (χ0v) is 16.9. The van der Waals surface area contributed by atoms with E-state index in [0.29, 0.717) is 0 Å². The summed E-state index contributed by atoms with van der Waals surface area (Å²) in [4.78, 5) is 4.87.